The van der Waals surface area contributed by atoms with Crippen LogP contribution in [0.15, 0.2) is 12.1 Å². The molecule has 5 nitrogen and oxygen atoms in total. The highest BCUT2D eigenvalue weighted by molar-refractivity contribution is 5.95. The second kappa shape index (κ2) is 5.93. The Balaban J connectivity index is 1.94. The third-order valence-corrected chi connectivity index (χ3v) is 3.19. The number of aromatic nitrogens is 1. The molecule has 19 heavy (non-hydrogen) atoms. The van der Waals surface area contributed by atoms with Crippen LogP contribution in [0.1, 0.15) is 41.5 Å². The van der Waals surface area contributed by atoms with Gasteiger partial charge in [-0.25, -0.2) is 0 Å². The topological polar surface area (TPSA) is 68.3 Å². The first-order valence-electron chi connectivity index (χ1n) is 6.44. The van der Waals surface area contributed by atoms with Crippen LogP contribution >= 0.6 is 0 Å². The van der Waals surface area contributed by atoms with Gasteiger partial charge in [-0.3, -0.25) is 14.6 Å². The molecule has 1 aromatic rings. The van der Waals surface area contributed by atoms with Crippen LogP contribution in [-0.4, -0.2) is 29.4 Å². The molecule has 2 heterocycles. The highest BCUT2D eigenvalue weighted by Crippen LogP contribution is 2.12. The number of rotatable bonds is 4. The van der Waals surface area contributed by atoms with Crippen LogP contribution in [0.5, 0.6) is 0 Å². The minimum absolute atomic E-state index is 0.0000545. The summed E-state index contributed by atoms with van der Waals surface area (Å²) in [7, 11) is 0. The van der Waals surface area contributed by atoms with Gasteiger partial charge >= 0.3 is 0 Å². The first-order valence-corrected chi connectivity index (χ1v) is 6.44. The van der Waals surface area contributed by atoms with Crippen LogP contribution in [0.2, 0.25) is 0 Å². The lowest BCUT2D eigenvalue weighted by atomic mass is 10.1. The first kappa shape index (κ1) is 13.7. The fraction of sp³-hybridized carbons (Fsp3) is 0.500. The minimum atomic E-state index is -0.322. The Morgan fingerprint density at radius 3 is 2.84 bits per heavy atom. The number of hydrogen-bond donors (Lipinski definition) is 1. The number of ether oxygens (including phenoxy) is 1. The Kier molecular flexibility index (Phi) is 4.27. The van der Waals surface area contributed by atoms with Gasteiger partial charge in [0.05, 0.1) is 12.2 Å². The van der Waals surface area contributed by atoms with E-state index in [4.69, 9.17) is 4.74 Å². The summed E-state index contributed by atoms with van der Waals surface area (Å²) >= 11 is 0. The van der Waals surface area contributed by atoms with Crippen molar-refractivity contribution in [3.8, 4) is 0 Å². The van der Waals surface area contributed by atoms with E-state index in [9.17, 15) is 9.59 Å². The van der Waals surface area contributed by atoms with E-state index in [1.54, 1.807) is 19.1 Å². The largest absolute Gasteiger partial charge is 0.368 e. The third kappa shape index (κ3) is 3.38. The lowest BCUT2D eigenvalue weighted by molar-refractivity contribution is -0.130. The maximum absolute atomic E-state index is 11.8. The molecule has 1 aromatic heterocycles. The van der Waals surface area contributed by atoms with Crippen LogP contribution in [0, 0.1) is 6.92 Å². The molecule has 0 aliphatic carbocycles. The quantitative estimate of drug-likeness (QED) is 0.832. The normalized spacial score (nSPS) is 18.3. The van der Waals surface area contributed by atoms with Crippen LogP contribution in [0.25, 0.3) is 0 Å². The molecule has 0 radical (unpaired) electrons. The van der Waals surface area contributed by atoms with E-state index in [0.29, 0.717) is 24.4 Å². The highest BCUT2D eigenvalue weighted by Gasteiger charge is 2.23. The number of Topliss-reactive ketones (excluding diaryl/α,β-unsaturated/α-hetero) is 1. The van der Waals surface area contributed by atoms with Crippen LogP contribution in [-0.2, 0) is 16.1 Å². The smallest absolute Gasteiger partial charge is 0.249 e. The van der Waals surface area contributed by atoms with Gasteiger partial charge in [-0.05, 0) is 38.8 Å². The third-order valence-electron chi connectivity index (χ3n) is 3.19. The van der Waals surface area contributed by atoms with Gasteiger partial charge in [-0.1, -0.05) is 0 Å². The Morgan fingerprint density at radius 2 is 2.26 bits per heavy atom. The molecule has 2 rings (SSSR count). The monoisotopic (exact) mass is 262 g/mol. The molecule has 1 saturated heterocycles. The average molecular weight is 262 g/mol. The number of carbonyl (C=O) groups is 2. The van der Waals surface area contributed by atoms with Gasteiger partial charge in [0.25, 0.3) is 0 Å². The predicted molar refractivity (Wildman–Crippen MR) is 69.8 cm³/mol. The molecule has 1 fully saturated rings. The van der Waals surface area contributed by atoms with Gasteiger partial charge in [-0.15, -0.1) is 0 Å². The average Bonchev–Trinajstić information content (AvgIpc) is 2.89. The molecule has 1 atom stereocenters. The minimum Gasteiger partial charge on any atom is -0.368 e. The van der Waals surface area contributed by atoms with E-state index >= 15 is 0 Å². The summed E-state index contributed by atoms with van der Waals surface area (Å²) in [5, 5.41) is 2.81. The molecule has 5 heteroatoms. The van der Waals surface area contributed by atoms with E-state index in [-0.39, 0.29) is 17.8 Å². The SMILES string of the molecule is CC(=O)c1ccc(CNC(=O)C2CCCO2)nc1C. The van der Waals surface area contributed by atoms with Crippen molar-refractivity contribution >= 4 is 11.7 Å². The summed E-state index contributed by atoms with van der Waals surface area (Å²) in [6.45, 7) is 4.32. The molecular weight excluding hydrogens is 244 g/mol. The van der Waals surface area contributed by atoms with Gasteiger partial charge in [0, 0.05) is 17.9 Å². The first-order chi connectivity index (χ1) is 9.08. The van der Waals surface area contributed by atoms with Crippen molar-refractivity contribution in [2.75, 3.05) is 6.61 Å². The maximum atomic E-state index is 11.8. The maximum Gasteiger partial charge on any atom is 0.249 e. The summed E-state index contributed by atoms with van der Waals surface area (Å²) in [6, 6.07) is 3.51. The van der Waals surface area contributed by atoms with Gasteiger partial charge in [-0.2, -0.15) is 0 Å². The van der Waals surface area contributed by atoms with Crippen LogP contribution < -0.4 is 5.32 Å². The number of aryl methyl sites for hydroxylation is 1. The van der Waals surface area contributed by atoms with E-state index in [1.807, 2.05) is 0 Å². The molecule has 0 bridgehead atoms. The number of carbonyl (C=O) groups excluding carboxylic acids is 2. The van der Waals surface area contributed by atoms with Crippen molar-refractivity contribution in [2.24, 2.45) is 0 Å². The summed E-state index contributed by atoms with van der Waals surface area (Å²) in [5.41, 5.74) is 2.06. The summed E-state index contributed by atoms with van der Waals surface area (Å²) in [6.07, 6.45) is 1.39. The molecule has 1 unspecified atom stereocenters. The Morgan fingerprint density at radius 1 is 1.47 bits per heavy atom. The van der Waals surface area contributed by atoms with Gasteiger partial charge in [0.1, 0.15) is 6.10 Å². The van der Waals surface area contributed by atoms with Crippen molar-refractivity contribution in [3.05, 3.63) is 29.1 Å². The zero-order valence-electron chi connectivity index (χ0n) is 11.2. The van der Waals surface area contributed by atoms with Gasteiger partial charge in [0.15, 0.2) is 5.78 Å². The Hall–Kier alpha value is -1.75. The fourth-order valence-corrected chi connectivity index (χ4v) is 2.16. The molecule has 102 valence electrons. The van der Waals surface area contributed by atoms with Crippen molar-refractivity contribution in [1.82, 2.24) is 10.3 Å². The molecule has 1 amide bonds. The highest BCUT2D eigenvalue weighted by atomic mass is 16.5. The lowest BCUT2D eigenvalue weighted by Gasteiger charge is -2.10. The molecule has 1 aliphatic heterocycles. The van der Waals surface area contributed by atoms with Crippen molar-refractivity contribution in [3.63, 3.8) is 0 Å². The number of amides is 1. The van der Waals surface area contributed by atoms with E-state index in [2.05, 4.69) is 10.3 Å². The standard InChI is InChI=1S/C14H18N2O3/c1-9-12(10(2)17)6-5-11(16-9)8-15-14(18)13-4-3-7-19-13/h5-6,13H,3-4,7-8H2,1-2H3,(H,15,18). The van der Waals surface area contributed by atoms with Gasteiger partial charge < -0.3 is 10.1 Å². The van der Waals surface area contributed by atoms with E-state index in [1.165, 1.54) is 6.92 Å². The zero-order chi connectivity index (χ0) is 13.8. The van der Waals surface area contributed by atoms with Crippen LogP contribution in [0.4, 0.5) is 0 Å². The zero-order valence-corrected chi connectivity index (χ0v) is 11.2. The fourth-order valence-electron chi connectivity index (χ4n) is 2.16. The Labute approximate surface area is 112 Å². The number of ketones is 1. The van der Waals surface area contributed by atoms with Crippen LogP contribution in [0.3, 0.4) is 0 Å². The molecule has 1 N–H and O–H groups in total. The van der Waals surface area contributed by atoms with Crippen molar-refractivity contribution in [2.45, 2.75) is 39.3 Å². The van der Waals surface area contributed by atoms with E-state index in [0.717, 1.165) is 18.5 Å². The summed E-state index contributed by atoms with van der Waals surface area (Å²) in [5.74, 6) is -0.0902. The number of nitrogens with one attached hydrogen (secondary N) is 1. The molecule has 0 aromatic carbocycles. The summed E-state index contributed by atoms with van der Waals surface area (Å²) in [4.78, 5) is 27.4. The molecular formula is C14H18N2O3. The number of nitrogens with zero attached hydrogens (tertiary/aromatic N) is 1. The Bertz CT molecular complexity index is 493. The van der Waals surface area contributed by atoms with E-state index < -0.39 is 0 Å². The second-order valence-electron chi connectivity index (χ2n) is 4.71. The molecule has 1 aliphatic rings. The number of hydrogen-bond acceptors (Lipinski definition) is 4. The second-order valence-corrected chi connectivity index (χ2v) is 4.71. The lowest BCUT2D eigenvalue weighted by Crippen LogP contribution is -2.33. The van der Waals surface area contributed by atoms with Crippen molar-refractivity contribution < 1.29 is 14.3 Å². The summed E-state index contributed by atoms with van der Waals surface area (Å²) < 4.78 is 5.30. The van der Waals surface area contributed by atoms with Crippen molar-refractivity contribution in [1.29, 1.82) is 0 Å². The molecule has 0 spiro atoms. The molecule has 0 saturated carbocycles. The van der Waals surface area contributed by atoms with Gasteiger partial charge in [0.2, 0.25) is 5.91 Å². The predicted octanol–water partition coefficient (Wildman–Crippen LogP) is 1.39. The number of pyridine rings is 1.